The third-order valence-corrected chi connectivity index (χ3v) is 5.85. The molecule has 0 bridgehead atoms. The normalized spacial score (nSPS) is 12.4. The van der Waals surface area contributed by atoms with E-state index < -0.39 is 0 Å². The largest absolute Gasteiger partial charge is 0.324 e. The lowest BCUT2D eigenvalue weighted by Gasteiger charge is -2.16. The molecule has 0 saturated heterocycles. The lowest BCUT2D eigenvalue weighted by molar-refractivity contribution is -0.926. The Hall–Kier alpha value is -2.54. The van der Waals surface area contributed by atoms with Gasteiger partial charge in [0.1, 0.15) is 23.8 Å². The van der Waals surface area contributed by atoms with E-state index in [9.17, 15) is 4.79 Å². The van der Waals surface area contributed by atoms with Crippen LogP contribution in [0.15, 0.2) is 58.7 Å². The summed E-state index contributed by atoms with van der Waals surface area (Å²) in [5.74, 6) is 0.703. The first-order valence-corrected chi connectivity index (χ1v) is 10.4. The lowest BCUT2D eigenvalue weighted by Crippen LogP contribution is -3.09. The molecule has 0 spiro atoms. The van der Waals surface area contributed by atoms with Gasteiger partial charge >= 0.3 is 0 Å². The molecular weight excluding hydrogens is 392 g/mol. The van der Waals surface area contributed by atoms with Crippen LogP contribution in [0.25, 0.3) is 21.5 Å². The van der Waals surface area contributed by atoms with E-state index in [-0.39, 0.29) is 5.56 Å². The maximum absolute atomic E-state index is 12.3. The number of hydrogen-bond donors (Lipinski definition) is 2. The maximum atomic E-state index is 12.3. The molecule has 28 heavy (non-hydrogen) atoms. The molecule has 0 amide bonds. The smallest absolute Gasteiger partial charge is 0.258 e. The van der Waals surface area contributed by atoms with E-state index in [2.05, 4.69) is 22.3 Å². The van der Waals surface area contributed by atoms with Crippen molar-refractivity contribution >= 4 is 33.8 Å². The van der Waals surface area contributed by atoms with Crippen molar-refractivity contribution in [3.8, 4) is 10.6 Å². The number of H-pyrrole nitrogens is 1. The quantitative estimate of drug-likeness (QED) is 0.511. The molecule has 0 fully saturated rings. The molecule has 4 rings (SSSR count). The van der Waals surface area contributed by atoms with Crippen molar-refractivity contribution in [3.63, 3.8) is 0 Å². The highest BCUT2D eigenvalue weighted by molar-refractivity contribution is 7.13. The van der Waals surface area contributed by atoms with Gasteiger partial charge in [0.2, 0.25) is 0 Å². The molecule has 1 unspecified atom stereocenters. The van der Waals surface area contributed by atoms with Gasteiger partial charge in [-0.25, -0.2) is 9.97 Å². The van der Waals surface area contributed by atoms with Crippen molar-refractivity contribution < 1.29 is 4.90 Å². The van der Waals surface area contributed by atoms with E-state index in [1.807, 2.05) is 42.5 Å². The Kier molecular flexibility index (Phi) is 5.52. The molecule has 0 radical (unpaired) electrons. The summed E-state index contributed by atoms with van der Waals surface area (Å²) in [6.45, 7) is 4.45. The fraction of sp³-hybridized carbons (Fsp3) is 0.190. The first-order valence-electron chi connectivity index (χ1n) is 9.14. The second-order valence-corrected chi connectivity index (χ2v) is 7.93. The van der Waals surface area contributed by atoms with Gasteiger partial charge in [-0.15, -0.1) is 11.3 Å². The van der Waals surface area contributed by atoms with Crippen molar-refractivity contribution in [2.75, 3.05) is 6.54 Å². The van der Waals surface area contributed by atoms with Crippen molar-refractivity contribution in [1.82, 2.24) is 15.0 Å². The standard InChI is InChI=1S/C21H19ClN4OS/c1-2-26(12-19-24-18-6-4-3-5-17(18)20(27)25-19)11-16-13-28-21(23-16)14-7-9-15(22)10-8-14/h3-10,13H,2,11-12H2,1H3,(H,24,25,27)/p+1. The van der Waals surface area contributed by atoms with Gasteiger partial charge in [-0.05, 0) is 31.2 Å². The fourth-order valence-electron chi connectivity index (χ4n) is 3.14. The zero-order chi connectivity index (χ0) is 19.5. The first-order chi connectivity index (χ1) is 13.6. The van der Waals surface area contributed by atoms with E-state index in [1.54, 1.807) is 17.4 Å². The second kappa shape index (κ2) is 8.22. The molecule has 2 aromatic heterocycles. The van der Waals surface area contributed by atoms with Crippen LogP contribution in [0.2, 0.25) is 5.02 Å². The van der Waals surface area contributed by atoms with Gasteiger partial charge in [0, 0.05) is 16.0 Å². The summed E-state index contributed by atoms with van der Waals surface area (Å²) in [5, 5.41) is 4.42. The monoisotopic (exact) mass is 411 g/mol. The minimum absolute atomic E-state index is 0.0882. The van der Waals surface area contributed by atoms with Gasteiger partial charge in [0.25, 0.3) is 5.56 Å². The molecule has 4 aromatic rings. The third kappa shape index (κ3) is 4.14. The number of para-hydroxylation sites is 1. The van der Waals surface area contributed by atoms with Crippen LogP contribution in [0.5, 0.6) is 0 Å². The number of nitrogens with one attached hydrogen (secondary N) is 2. The van der Waals surface area contributed by atoms with Gasteiger partial charge in [0.05, 0.1) is 17.4 Å². The Morgan fingerprint density at radius 1 is 1.07 bits per heavy atom. The SMILES string of the molecule is CC[NH+](Cc1csc(-c2ccc(Cl)cc2)n1)Cc1nc2ccccc2c(=O)[nH]1. The van der Waals surface area contributed by atoms with Gasteiger partial charge in [-0.2, -0.15) is 0 Å². The van der Waals surface area contributed by atoms with E-state index in [4.69, 9.17) is 16.6 Å². The first kappa shape index (κ1) is 18.8. The Balaban J connectivity index is 1.51. The molecule has 2 N–H and O–H groups in total. The highest BCUT2D eigenvalue weighted by Crippen LogP contribution is 2.24. The number of benzene rings is 2. The third-order valence-electron chi connectivity index (χ3n) is 4.65. The van der Waals surface area contributed by atoms with Crippen molar-refractivity contribution in [1.29, 1.82) is 0 Å². The molecule has 0 aliphatic carbocycles. The predicted molar refractivity (Wildman–Crippen MR) is 114 cm³/mol. The number of aromatic nitrogens is 3. The Morgan fingerprint density at radius 2 is 1.86 bits per heavy atom. The lowest BCUT2D eigenvalue weighted by atomic mass is 10.2. The number of aromatic amines is 1. The van der Waals surface area contributed by atoms with Crippen LogP contribution in [-0.4, -0.2) is 21.5 Å². The summed E-state index contributed by atoms with van der Waals surface area (Å²) in [6.07, 6.45) is 0. The summed E-state index contributed by atoms with van der Waals surface area (Å²) in [6, 6.07) is 15.1. The van der Waals surface area contributed by atoms with Crippen LogP contribution in [0.1, 0.15) is 18.4 Å². The molecule has 142 valence electrons. The Bertz CT molecular complexity index is 1150. The Labute approximate surface area is 171 Å². The summed E-state index contributed by atoms with van der Waals surface area (Å²) < 4.78 is 0. The van der Waals surface area contributed by atoms with Gasteiger partial charge in [-0.3, -0.25) is 4.79 Å². The van der Waals surface area contributed by atoms with Crippen LogP contribution in [-0.2, 0) is 13.1 Å². The van der Waals surface area contributed by atoms with Crippen LogP contribution in [0, 0.1) is 0 Å². The number of quaternary nitrogens is 1. The van der Waals surface area contributed by atoms with E-state index >= 15 is 0 Å². The van der Waals surface area contributed by atoms with Crippen LogP contribution >= 0.6 is 22.9 Å². The average molecular weight is 412 g/mol. The molecular formula is C21H20ClN4OS+. The molecule has 1 atom stereocenters. The number of rotatable bonds is 6. The van der Waals surface area contributed by atoms with E-state index in [0.717, 1.165) is 39.9 Å². The van der Waals surface area contributed by atoms with Crippen LogP contribution in [0.3, 0.4) is 0 Å². The summed E-state index contributed by atoms with van der Waals surface area (Å²) in [5.41, 5.74) is 2.75. The van der Waals surface area contributed by atoms with Gasteiger partial charge in [0.15, 0.2) is 5.82 Å². The van der Waals surface area contributed by atoms with Crippen LogP contribution in [0.4, 0.5) is 0 Å². The number of hydrogen-bond acceptors (Lipinski definition) is 4. The topological polar surface area (TPSA) is 63.1 Å². The average Bonchev–Trinajstić information content (AvgIpc) is 3.16. The number of thiazole rings is 1. The van der Waals surface area contributed by atoms with Crippen molar-refractivity contribution in [2.24, 2.45) is 0 Å². The molecule has 0 aliphatic rings. The Morgan fingerprint density at radius 3 is 2.64 bits per heavy atom. The summed E-state index contributed by atoms with van der Waals surface area (Å²) in [7, 11) is 0. The van der Waals surface area contributed by atoms with E-state index in [1.165, 1.54) is 4.90 Å². The maximum Gasteiger partial charge on any atom is 0.258 e. The zero-order valence-electron chi connectivity index (χ0n) is 15.4. The molecule has 0 aliphatic heterocycles. The fourth-order valence-corrected chi connectivity index (χ4v) is 4.09. The highest BCUT2D eigenvalue weighted by atomic mass is 35.5. The molecule has 5 nitrogen and oxygen atoms in total. The minimum Gasteiger partial charge on any atom is -0.324 e. The van der Waals surface area contributed by atoms with Crippen LogP contribution < -0.4 is 10.5 Å². The molecule has 2 aromatic carbocycles. The highest BCUT2D eigenvalue weighted by Gasteiger charge is 2.14. The van der Waals surface area contributed by atoms with Crippen molar-refractivity contribution in [3.05, 3.63) is 80.8 Å². The minimum atomic E-state index is -0.0882. The van der Waals surface area contributed by atoms with Crippen molar-refractivity contribution in [2.45, 2.75) is 20.0 Å². The number of nitrogens with zero attached hydrogens (tertiary/aromatic N) is 2. The number of fused-ring (bicyclic) bond motifs is 1. The summed E-state index contributed by atoms with van der Waals surface area (Å²) >= 11 is 7.60. The zero-order valence-corrected chi connectivity index (χ0v) is 17.0. The second-order valence-electron chi connectivity index (χ2n) is 6.64. The summed E-state index contributed by atoms with van der Waals surface area (Å²) in [4.78, 5) is 25.9. The molecule has 7 heteroatoms. The molecule has 2 heterocycles. The van der Waals surface area contributed by atoms with Gasteiger partial charge < -0.3 is 9.88 Å². The van der Waals surface area contributed by atoms with E-state index in [0.29, 0.717) is 17.8 Å². The van der Waals surface area contributed by atoms with Gasteiger partial charge in [-0.1, -0.05) is 35.9 Å². The predicted octanol–water partition coefficient (Wildman–Crippen LogP) is 3.31. The number of halogens is 1. The molecule has 0 saturated carbocycles.